The third-order valence-corrected chi connectivity index (χ3v) is 3.25. The van der Waals surface area contributed by atoms with E-state index in [1.165, 1.54) is 19.3 Å². The predicted octanol–water partition coefficient (Wildman–Crippen LogP) is 4.09. The van der Waals surface area contributed by atoms with E-state index in [4.69, 9.17) is 10.5 Å². The van der Waals surface area contributed by atoms with E-state index in [-0.39, 0.29) is 12.1 Å². The smallest absolute Gasteiger partial charge is 0.338 e. The highest BCUT2D eigenvalue weighted by Gasteiger charge is 2.14. The van der Waals surface area contributed by atoms with Crippen LogP contribution in [0.25, 0.3) is 0 Å². The molecule has 3 nitrogen and oxygen atoms in total. The summed E-state index contributed by atoms with van der Waals surface area (Å²) in [5.74, 6) is -0.271. The molecular formula is C16H25NO2. The molecule has 0 saturated heterocycles. The van der Waals surface area contributed by atoms with E-state index in [0.717, 1.165) is 18.4 Å². The van der Waals surface area contributed by atoms with Crippen LogP contribution in [0.2, 0.25) is 0 Å². The molecule has 0 amide bonds. The zero-order valence-corrected chi connectivity index (χ0v) is 12.2. The van der Waals surface area contributed by atoms with Crippen molar-refractivity contribution in [2.75, 3.05) is 5.73 Å². The lowest BCUT2D eigenvalue weighted by atomic mass is 10.1. The molecule has 1 aromatic carbocycles. The quantitative estimate of drug-likeness (QED) is 0.458. The summed E-state index contributed by atoms with van der Waals surface area (Å²) in [6.45, 7) is 6.03. The summed E-state index contributed by atoms with van der Waals surface area (Å²) in [4.78, 5) is 12.0. The predicted molar refractivity (Wildman–Crippen MR) is 79.2 cm³/mol. The van der Waals surface area contributed by atoms with E-state index in [1.807, 2.05) is 19.9 Å². The van der Waals surface area contributed by atoms with Crippen molar-refractivity contribution in [1.29, 1.82) is 0 Å². The minimum atomic E-state index is -0.271. The van der Waals surface area contributed by atoms with Gasteiger partial charge in [0.15, 0.2) is 0 Å². The number of benzene rings is 1. The van der Waals surface area contributed by atoms with Gasteiger partial charge in [0, 0.05) is 5.69 Å². The minimum Gasteiger partial charge on any atom is -0.459 e. The molecule has 2 N–H and O–H groups in total. The van der Waals surface area contributed by atoms with Crippen molar-refractivity contribution in [2.24, 2.45) is 0 Å². The molecule has 0 aliphatic carbocycles. The summed E-state index contributed by atoms with van der Waals surface area (Å²) >= 11 is 0. The van der Waals surface area contributed by atoms with Crippen LogP contribution >= 0.6 is 0 Å². The average molecular weight is 263 g/mol. The Kier molecular flexibility index (Phi) is 6.40. The first-order valence-electron chi connectivity index (χ1n) is 7.11. The normalized spacial score (nSPS) is 12.2. The number of rotatable bonds is 7. The van der Waals surface area contributed by atoms with Gasteiger partial charge in [-0.3, -0.25) is 0 Å². The van der Waals surface area contributed by atoms with Crippen LogP contribution in [0.1, 0.15) is 61.9 Å². The van der Waals surface area contributed by atoms with Crippen molar-refractivity contribution in [3.8, 4) is 0 Å². The molecule has 3 heteroatoms. The number of nitrogen functional groups attached to an aromatic ring is 1. The van der Waals surface area contributed by atoms with Crippen LogP contribution in [-0.4, -0.2) is 12.1 Å². The van der Waals surface area contributed by atoms with Gasteiger partial charge in [-0.15, -0.1) is 0 Å². The fourth-order valence-electron chi connectivity index (χ4n) is 2.02. The Hall–Kier alpha value is -1.51. The highest BCUT2D eigenvalue weighted by Crippen LogP contribution is 2.16. The second-order valence-electron chi connectivity index (χ2n) is 5.14. The molecule has 0 saturated carbocycles. The van der Waals surface area contributed by atoms with Gasteiger partial charge in [0.25, 0.3) is 0 Å². The largest absolute Gasteiger partial charge is 0.459 e. The Morgan fingerprint density at radius 1 is 1.32 bits per heavy atom. The van der Waals surface area contributed by atoms with E-state index < -0.39 is 0 Å². The highest BCUT2D eigenvalue weighted by molar-refractivity contribution is 5.92. The Morgan fingerprint density at radius 2 is 2.05 bits per heavy atom. The maximum absolute atomic E-state index is 12.0. The zero-order chi connectivity index (χ0) is 14.3. The first-order chi connectivity index (χ1) is 9.04. The van der Waals surface area contributed by atoms with E-state index in [9.17, 15) is 4.79 Å². The van der Waals surface area contributed by atoms with Crippen LogP contribution in [0.5, 0.6) is 0 Å². The van der Waals surface area contributed by atoms with Gasteiger partial charge in [0.2, 0.25) is 0 Å². The molecule has 0 radical (unpaired) electrons. The Bertz CT molecular complexity index is 415. The SMILES string of the molecule is CCCCCCC(C)OC(=O)c1cc(N)ccc1C. The fraction of sp³-hybridized carbons (Fsp3) is 0.562. The van der Waals surface area contributed by atoms with Crippen molar-refractivity contribution in [3.05, 3.63) is 29.3 Å². The number of hydrogen-bond donors (Lipinski definition) is 1. The van der Waals surface area contributed by atoms with Crippen LogP contribution in [0.3, 0.4) is 0 Å². The number of hydrogen-bond acceptors (Lipinski definition) is 3. The molecule has 0 spiro atoms. The van der Waals surface area contributed by atoms with Crippen LogP contribution in [-0.2, 0) is 4.74 Å². The van der Waals surface area contributed by atoms with Gasteiger partial charge >= 0.3 is 5.97 Å². The van der Waals surface area contributed by atoms with Crippen molar-refractivity contribution in [3.63, 3.8) is 0 Å². The van der Waals surface area contributed by atoms with Gasteiger partial charge in [0.1, 0.15) is 0 Å². The number of anilines is 1. The molecule has 19 heavy (non-hydrogen) atoms. The maximum Gasteiger partial charge on any atom is 0.338 e. The summed E-state index contributed by atoms with van der Waals surface area (Å²) in [6.07, 6.45) is 5.66. The summed E-state index contributed by atoms with van der Waals surface area (Å²) in [5.41, 5.74) is 7.76. The van der Waals surface area contributed by atoms with Gasteiger partial charge < -0.3 is 10.5 Å². The van der Waals surface area contributed by atoms with E-state index >= 15 is 0 Å². The van der Waals surface area contributed by atoms with Crippen molar-refractivity contribution in [2.45, 2.75) is 59.0 Å². The lowest BCUT2D eigenvalue weighted by Gasteiger charge is -2.14. The maximum atomic E-state index is 12.0. The topological polar surface area (TPSA) is 52.3 Å². The zero-order valence-electron chi connectivity index (χ0n) is 12.2. The molecule has 0 bridgehead atoms. The molecule has 0 fully saturated rings. The van der Waals surface area contributed by atoms with E-state index in [2.05, 4.69) is 6.92 Å². The first kappa shape index (κ1) is 15.5. The molecule has 1 aromatic rings. The van der Waals surface area contributed by atoms with Crippen LogP contribution in [0, 0.1) is 6.92 Å². The minimum absolute atomic E-state index is 0.0369. The van der Waals surface area contributed by atoms with Gasteiger partial charge in [-0.2, -0.15) is 0 Å². The Morgan fingerprint density at radius 3 is 2.74 bits per heavy atom. The second-order valence-corrected chi connectivity index (χ2v) is 5.14. The molecule has 1 unspecified atom stereocenters. The molecule has 0 aliphatic rings. The van der Waals surface area contributed by atoms with Gasteiger partial charge in [-0.25, -0.2) is 4.79 Å². The lowest BCUT2D eigenvalue weighted by Crippen LogP contribution is -2.16. The number of nitrogens with two attached hydrogens (primary N) is 1. The summed E-state index contributed by atoms with van der Waals surface area (Å²) < 4.78 is 5.46. The summed E-state index contributed by atoms with van der Waals surface area (Å²) in [5, 5.41) is 0. The molecular weight excluding hydrogens is 238 g/mol. The fourth-order valence-corrected chi connectivity index (χ4v) is 2.02. The van der Waals surface area contributed by atoms with E-state index in [1.54, 1.807) is 12.1 Å². The second kappa shape index (κ2) is 7.82. The molecule has 1 atom stereocenters. The third-order valence-electron chi connectivity index (χ3n) is 3.25. The van der Waals surface area contributed by atoms with Gasteiger partial charge in [0.05, 0.1) is 11.7 Å². The number of unbranched alkanes of at least 4 members (excludes halogenated alkanes) is 3. The molecule has 0 aromatic heterocycles. The summed E-state index contributed by atoms with van der Waals surface area (Å²) in [6, 6.07) is 5.32. The average Bonchev–Trinajstić information content (AvgIpc) is 2.37. The molecule has 1 rings (SSSR count). The number of carbonyl (C=O) groups is 1. The third kappa shape index (κ3) is 5.33. The number of carbonyl (C=O) groups excluding carboxylic acids is 1. The molecule has 0 heterocycles. The van der Waals surface area contributed by atoms with Gasteiger partial charge in [-0.05, 0) is 44.4 Å². The number of ether oxygens (including phenoxy) is 1. The molecule has 0 aliphatic heterocycles. The molecule has 106 valence electrons. The summed E-state index contributed by atoms with van der Waals surface area (Å²) in [7, 11) is 0. The Labute approximate surface area is 116 Å². The highest BCUT2D eigenvalue weighted by atomic mass is 16.5. The Balaban J connectivity index is 2.47. The van der Waals surface area contributed by atoms with Crippen LogP contribution in [0.4, 0.5) is 5.69 Å². The standard InChI is InChI=1S/C16H25NO2/c1-4-5-6-7-8-13(3)19-16(18)15-11-14(17)10-9-12(15)2/h9-11,13H,4-8,17H2,1-3H3. The van der Waals surface area contributed by atoms with Crippen LogP contribution < -0.4 is 5.73 Å². The van der Waals surface area contributed by atoms with Crippen molar-refractivity contribution in [1.82, 2.24) is 0 Å². The number of esters is 1. The lowest BCUT2D eigenvalue weighted by molar-refractivity contribution is 0.0318. The van der Waals surface area contributed by atoms with Crippen molar-refractivity contribution >= 4 is 11.7 Å². The van der Waals surface area contributed by atoms with E-state index in [0.29, 0.717) is 11.3 Å². The van der Waals surface area contributed by atoms with Crippen molar-refractivity contribution < 1.29 is 9.53 Å². The van der Waals surface area contributed by atoms with Crippen LogP contribution in [0.15, 0.2) is 18.2 Å². The monoisotopic (exact) mass is 263 g/mol. The van der Waals surface area contributed by atoms with Gasteiger partial charge in [-0.1, -0.05) is 32.3 Å². The number of aryl methyl sites for hydroxylation is 1. The first-order valence-corrected chi connectivity index (χ1v) is 7.11.